The molecule has 0 spiro atoms. The Balaban J connectivity index is 2.05. The lowest BCUT2D eigenvalue weighted by molar-refractivity contribution is 0.0952. The van der Waals surface area contributed by atoms with Gasteiger partial charge in [-0.3, -0.25) is 4.79 Å². The molecule has 1 amide bonds. The van der Waals surface area contributed by atoms with Gasteiger partial charge in [0.2, 0.25) is 5.95 Å². The van der Waals surface area contributed by atoms with Crippen LogP contribution in [0.1, 0.15) is 22.8 Å². The standard InChI is InChI=1S/C13H13FN4O2/c1-2-18-12(14)9(8-16-18)7-15-17-13(20)10-5-3-4-6-11(10)19/h3-8,19H,2H2,1H3,(H,17,20)/b15-7-. The molecule has 2 rings (SSSR count). The number of aromatic hydroxyl groups is 1. The van der Waals surface area contributed by atoms with Gasteiger partial charge in [-0.2, -0.15) is 14.6 Å². The molecule has 0 aliphatic rings. The van der Waals surface area contributed by atoms with Gasteiger partial charge in [0.25, 0.3) is 5.91 Å². The minimum Gasteiger partial charge on any atom is -0.507 e. The molecule has 1 aromatic heterocycles. The summed E-state index contributed by atoms with van der Waals surface area (Å²) in [6.45, 7) is 2.17. The van der Waals surface area contributed by atoms with E-state index in [0.29, 0.717) is 6.54 Å². The van der Waals surface area contributed by atoms with Gasteiger partial charge in [0.15, 0.2) is 0 Å². The van der Waals surface area contributed by atoms with Crippen molar-refractivity contribution in [2.75, 3.05) is 0 Å². The van der Waals surface area contributed by atoms with E-state index in [9.17, 15) is 14.3 Å². The fourth-order valence-electron chi connectivity index (χ4n) is 1.58. The molecular weight excluding hydrogens is 263 g/mol. The highest BCUT2D eigenvalue weighted by molar-refractivity contribution is 5.97. The molecule has 0 saturated heterocycles. The van der Waals surface area contributed by atoms with Crippen LogP contribution in [0.3, 0.4) is 0 Å². The number of phenols is 1. The summed E-state index contributed by atoms with van der Waals surface area (Å²) in [6, 6.07) is 6.06. The Bertz CT molecular complexity index is 652. The van der Waals surface area contributed by atoms with Gasteiger partial charge in [-0.1, -0.05) is 12.1 Å². The molecule has 7 heteroatoms. The van der Waals surface area contributed by atoms with E-state index in [1.807, 2.05) is 0 Å². The highest BCUT2D eigenvalue weighted by Crippen LogP contribution is 2.14. The van der Waals surface area contributed by atoms with Crippen molar-refractivity contribution in [1.29, 1.82) is 0 Å². The monoisotopic (exact) mass is 276 g/mol. The zero-order chi connectivity index (χ0) is 14.5. The number of para-hydroxylation sites is 1. The Morgan fingerprint density at radius 2 is 2.30 bits per heavy atom. The van der Waals surface area contributed by atoms with Crippen molar-refractivity contribution in [1.82, 2.24) is 15.2 Å². The van der Waals surface area contributed by atoms with Crippen molar-refractivity contribution in [2.45, 2.75) is 13.5 Å². The normalized spacial score (nSPS) is 10.9. The number of halogens is 1. The van der Waals surface area contributed by atoms with E-state index in [4.69, 9.17) is 0 Å². The quantitative estimate of drug-likeness (QED) is 0.656. The van der Waals surface area contributed by atoms with Crippen LogP contribution in [-0.4, -0.2) is 27.0 Å². The lowest BCUT2D eigenvalue weighted by Crippen LogP contribution is -2.17. The molecule has 0 aliphatic heterocycles. The minimum absolute atomic E-state index is 0.0920. The second-order valence-corrected chi connectivity index (χ2v) is 3.92. The lowest BCUT2D eigenvalue weighted by Gasteiger charge is -2.01. The molecule has 0 radical (unpaired) electrons. The van der Waals surface area contributed by atoms with Gasteiger partial charge >= 0.3 is 0 Å². The number of nitrogens with zero attached hydrogens (tertiary/aromatic N) is 3. The molecule has 0 atom stereocenters. The third-order valence-corrected chi connectivity index (χ3v) is 2.62. The fraction of sp³-hybridized carbons (Fsp3) is 0.154. The van der Waals surface area contributed by atoms with Crippen LogP contribution in [0.2, 0.25) is 0 Å². The number of hydrogen-bond donors (Lipinski definition) is 2. The van der Waals surface area contributed by atoms with Crippen LogP contribution in [0, 0.1) is 5.95 Å². The molecule has 0 fully saturated rings. The van der Waals surface area contributed by atoms with Gasteiger partial charge < -0.3 is 5.11 Å². The van der Waals surface area contributed by atoms with Crippen LogP contribution in [0.25, 0.3) is 0 Å². The maximum Gasteiger partial charge on any atom is 0.275 e. The lowest BCUT2D eigenvalue weighted by atomic mass is 10.2. The van der Waals surface area contributed by atoms with E-state index in [1.54, 1.807) is 19.1 Å². The SMILES string of the molecule is CCn1ncc(/C=N\NC(=O)c2ccccc2O)c1F. The Kier molecular flexibility index (Phi) is 4.09. The van der Waals surface area contributed by atoms with Gasteiger partial charge in [0.1, 0.15) is 5.75 Å². The van der Waals surface area contributed by atoms with Crippen molar-refractivity contribution >= 4 is 12.1 Å². The van der Waals surface area contributed by atoms with E-state index in [2.05, 4.69) is 15.6 Å². The number of benzene rings is 1. The maximum absolute atomic E-state index is 13.6. The zero-order valence-corrected chi connectivity index (χ0v) is 10.7. The third-order valence-electron chi connectivity index (χ3n) is 2.62. The molecule has 20 heavy (non-hydrogen) atoms. The van der Waals surface area contributed by atoms with E-state index < -0.39 is 11.9 Å². The number of hydrogen-bond acceptors (Lipinski definition) is 4. The van der Waals surface area contributed by atoms with Gasteiger partial charge in [-0.15, -0.1) is 0 Å². The van der Waals surface area contributed by atoms with E-state index in [1.165, 1.54) is 23.0 Å². The van der Waals surface area contributed by atoms with Crippen molar-refractivity contribution in [3.8, 4) is 5.75 Å². The summed E-state index contributed by atoms with van der Waals surface area (Å²) in [5.74, 6) is -1.25. The molecular formula is C13H13FN4O2. The van der Waals surface area contributed by atoms with Crippen LogP contribution in [0.4, 0.5) is 4.39 Å². The Labute approximate surface area is 114 Å². The molecule has 0 saturated carbocycles. The summed E-state index contributed by atoms with van der Waals surface area (Å²) in [4.78, 5) is 11.7. The molecule has 104 valence electrons. The number of aryl methyl sites for hydroxylation is 1. The summed E-state index contributed by atoms with van der Waals surface area (Å²) in [5.41, 5.74) is 2.47. The summed E-state index contributed by atoms with van der Waals surface area (Å²) >= 11 is 0. The molecule has 6 nitrogen and oxygen atoms in total. The molecule has 1 heterocycles. The Morgan fingerprint density at radius 1 is 1.55 bits per heavy atom. The summed E-state index contributed by atoms with van der Waals surface area (Å²) in [5, 5.41) is 16.9. The van der Waals surface area contributed by atoms with Crippen LogP contribution >= 0.6 is 0 Å². The van der Waals surface area contributed by atoms with Crippen LogP contribution < -0.4 is 5.43 Å². The van der Waals surface area contributed by atoms with Crippen molar-refractivity contribution in [3.05, 3.63) is 47.5 Å². The average molecular weight is 276 g/mol. The van der Waals surface area contributed by atoms with Gasteiger partial charge in [-0.05, 0) is 19.1 Å². The zero-order valence-electron chi connectivity index (χ0n) is 10.7. The fourth-order valence-corrected chi connectivity index (χ4v) is 1.58. The number of phenolic OH excluding ortho intramolecular Hbond substituents is 1. The van der Waals surface area contributed by atoms with Gasteiger partial charge in [0.05, 0.1) is 23.5 Å². The van der Waals surface area contributed by atoms with Crippen LogP contribution in [0.5, 0.6) is 5.75 Å². The highest BCUT2D eigenvalue weighted by atomic mass is 19.1. The van der Waals surface area contributed by atoms with Crippen LogP contribution in [0.15, 0.2) is 35.6 Å². The van der Waals surface area contributed by atoms with E-state index in [-0.39, 0.29) is 16.9 Å². The molecule has 2 N–H and O–H groups in total. The Morgan fingerprint density at radius 3 is 2.95 bits per heavy atom. The van der Waals surface area contributed by atoms with Gasteiger partial charge in [-0.25, -0.2) is 10.1 Å². The Hall–Kier alpha value is -2.70. The first-order valence-electron chi connectivity index (χ1n) is 5.96. The number of rotatable bonds is 4. The minimum atomic E-state index is -0.581. The van der Waals surface area contributed by atoms with Crippen molar-refractivity contribution in [3.63, 3.8) is 0 Å². The van der Waals surface area contributed by atoms with E-state index in [0.717, 1.165) is 6.21 Å². The first-order valence-corrected chi connectivity index (χ1v) is 5.96. The molecule has 2 aromatic rings. The smallest absolute Gasteiger partial charge is 0.275 e. The number of hydrazone groups is 1. The summed E-state index contributed by atoms with van der Waals surface area (Å²) in [6.07, 6.45) is 2.47. The van der Waals surface area contributed by atoms with E-state index >= 15 is 0 Å². The summed E-state index contributed by atoms with van der Waals surface area (Å²) in [7, 11) is 0. The third kappa shape index (κ3) is 2.82. The number of carbonyl (C=O) groups is 1. The molecule has 0 unspecified atom stereocenters. The first kappa shape index (κ1) is 13.7. The topological polar surface area (TPSA) is 79.5 Å². The average Bonchev–Trinajstić information content (AvgIpc) is 2.80. The molecule has 1 aromatic carbocycles. The largest absolute Gasteiger partial charge is 0.507 e. The maximum atomic E-state index is 13.6. The van der Waals surface area contributed by atoms with Crippen LogP contribution in [-0.2, 0) is 6.54 Å². The first-order chi connectivity index (χ1) is 9.63. The predicted octanol–water partition coefficient (Wildman–Crippen LogP) is 1.51. The predicted molar refractivity (Wildman–Crippen MR) is 71.0 cm³/mol. The number of aromatic nitrogens is 2. The van der Waals surface area contributed by atoms with Crippen molar-refractivity contribution < 1.29 is 14.3 Å². The second-order valence-electron chi connectivity index (χ2n) is 3.92. The number of amides is 1. The van der Waals surface area contributed by atoms with Crippen molar-refractivity contribution in [2.24, 2.45) is 5.10 Å². The summed E-state index contributed by atoms with van der Waals surface area (Å²) < 4.78 is 14.8. The molecule has 0 bridgehead atoms. The number of carbonyl (C=O) groups excluding carboxylic acids is 1. The second kappa shape index (κ2) is 5.96. The highest BCUT2D eigenvalue weighted by Gasteiger charge is 2.09. The van der Waals surface area contributed by atoms with Gasteiger partial charge in [0, 0.05) is 6.54 Å². The number of nitrogens with one attached hydrogen (secondary N) is 1. The molecule has 0 aliphatic carbocycles.